The summed E-state index contributed by atoms with van der Waals surface area (Å²) in [4.78, 5) is 15.6. The van der Waals surface area contributed by atoms with Crippen LogP contribution in [-0.4, -0.2) is 15.0 Å². The van der Waals surface area contributed by atoms with Crippen molar-refractivity contribution in [3.05, 3.63) is 200 Å². The zero-order chi connectivity index (χ0) is 38.9. The third-order valence-electron chi connectivity index (χ3n) is 11.7. The van der Waals surface area contributed by atoms with Crippen molar-refractivity contribution < 1.29 is 4.42 Å². The highest BCUT2D eigenvalue weighted by Crippen LogP contribution is 2.42. The summed E-state index contributed by atoms with van der Waals surface area (Å²) in [5.74, 6) is 1.82. The van der Waals surface area contributed by atoms with E-state index in [1.165, 1.54) is 43.4 Å². The first-order valence-corrected chi connectivity index (χ1v) is 19.9. The topological polar surface area (TPSA) is 51.8 Å². The van der Waals surface area contributed by atoms with Crippen molar-refractivity contribution >= 4 is 65.0 Å². The average molecular weight is 752 g/mol. The van der Waals surface area contributed by atoms with Gasteiger partial charge in [0.1, 0.15) is 11.2 Å². The van der Waals surface area contributed by atoms with Crippen LogP contribution in [0.5, 0.6) is 0 Å². The molecule has 12 aromatic rings. The molecular weight excluding hydrogens is 719 g/mol. The Morgan fingerprint density at radius 2 is 0.695 bits per heavy atom. The average Bonchev–Trinajstić information content (AvgIpc) is 3.70. The van der Waals surface area contributed by atoms with Gasteiger partial charge in [-0.2, -0.15) is 0 Å². The van der Waals surface area contributed by atoms with Crippen molar-refractivity contribution in [2.24, 2.45) is 0 Å². The van der Waals surface area contributed by atoms with E-state index in [1.807, 2.05) is 12.1 Å². The molecule has 0 aliphatic rings. The first kappa shape index (κ1) is 33.2. The maximum atomic E-state index is 6.80. The van der Waals surface area contributed by atoms with Gasteiger partial charge < -0.3 is 4.42 Å². The van der Waals surface area contributed by atoms with Crippen LogP contribution in [-0.2, 0) is 0 Å². The third kappa shape index (κ3) is 5.73. The van der Waals surface area contributed by atoms with Crippen LogP contribution in [0.25, 0.3) is 121 Å². The lowest BCUT2D eigenvalue weighted by molar-refractivity contribution is 0.670. The Hall–Kier alpha value is -7.95. The maximum Gasteiger partial charge on any atom is 0.164 e. The van der Waals surface area contributed by atoms with Gasteiger partial charge in [0.15, 0.2) is 17.5 Å². The van der Waals surface area contributed by atoms with E-state index < -0.39 is 0 Å². The van der Waals surface area contributed by atoms with Crippen LogP contribution in [0.3, 0.4) is 0 Å². The van der Waals surface area contributed by atoms with E-state index in [9.17, 15) is 0 Å². The van der Waals surface area contributed by atoms with Gasteiger partial charge >= 0.3 is 0 Å². The summed E-state index contributed by atoms with van der Waals surface area (Å²) in [5, 5.41) is 11.4. The molecule has 0 fully saturated rings. The van der Waals surface area contributed by atoms with Crippen LogP contribution in [0, 0.1) is 0 Å². The Morgan fingerprint density at radius 3 is 1.29 bits per heavy atom. The van der Waals surface area contributed by atoms with E-state index in [2.05, 4.69) is 188 Å². The van der Waals surface area contributed by atoms with Crippen LogP contribution in [0.1, 0.15) is 0 Å². The van der Waals surface area contributed by atoms with Crippen molar-refractivity contribution in [2.45, 2.75) is 0 Å². The summed E-state index contributed by atoms with van der Waals surface area (Å²) < 4.78 is 6.80. The zero-order valence-corrected chi connectivity index (χ0v) is 31.8. The highest BCUT2D eigenvalue weighted by atomic mass is 16.3. The lowest BCUT2D eigenvalue weighted by Crippen LogP contribution is -2.00. The molecular formula is C55H33N3O. The molecule has 0 radical (unpaired) electrons. The summed E-state index contributed by atoms with van der Waals surface area (Å²) in [7, 11) is 0. The standard InChI is InChI=1S/C55H33N3O/c1-4-12-38-29-41(22-17-34(38)9-1)42-23-18-37-19-24-43(33-46(37)32-42)47-27-28-49(51-48-15-7-8-16-50(48)59-52(47)51)55-57-53(44-25-20-35-10-2-5-13-39(35)30-44)56-54(58-55)45-26-21-36-11-3-6-14-40(36)31-45/h1-33H. The molecule has 274 valence electrons. The van der Waals surface area contributed by atoms with Gasteiger partial charge in [-0.3, -0.25) is 0 Å². The molecule has 0 amide bonds. The summed E-state index contributed by atoms with van der Waals surface area (Å²) in [5.41, 5.74) is 8.83. The van der Waals surface area contributed by atoms with Crippen LogP contribution in [0.15, 0.2) is 205 Å². The predicted octanol–water partition coefficient (Wildman–Crippen LogP) is 14.7. The van der Waals surface area contributed by atoms with Crippen molar-refractivity contribution in [2.75, 3.05) is 0 Å². The van der Waals surface area contributed by atoms with Crippen LogP contribution < -0.4 is 0 Å². The largest absolute Gasteiger partial charge is 0.455 e. The number of fused-ring (bicyclic) bond motifs is 7. The normalized spacial score (nSPS) is 11.7. The Morgan fingerprint density at radius 1 is 0.288 bits per heavy atom. The molecule has 0 aliphatic carbocycles. The Bertz CT molecular complexity index is 3540. The number of benzene rings is 10. The molecule has 0 saturated heterocycles. The lowest BCUT2D eigenvalue weighted by atomic mass is 9.94. The molecule has 10 aromatic carbocycles. The molecule has 0 N–H and O–H groups in total. The van der Waals surface area contributed by atoms with E-state index in [1.54, 1.807) is 0 Å². The first-order chi connectivity index (χ1) is 29.2. The minimum atomic E-state index is 0.591. The highest BCUT2D eigenvalue weighted by molar-refractivity contribution is 6.16. The molecule has 0 saturated carbocycles. The second kappa shape index (κ2) is 13.3. The molecule has 0 atom stereocenters. The Balaban J connectivity index is 1.04. The molecule has 0 bridgehead atoms. The monoisotopic (exact) mass is 751 g/mol. The molecule has 4 nitrogen and oxygen atoms in total. The molecule has 0 unspecified atom stereocenters. The fourth-order valence-corrected chi connectivity index (χ4v) is 8.62. The maximum absolute atomic E-state index is 6.80. The Kier molecular flexibility index (Phi) is 7.50. The fraction of sp³-hybridized carbons (Fsp3) is 0. The zero-order valence-electron chi connectivity index (χ0n) is 31.8. The van der Waals surface area contributed by atoms with Crippen molar-refractivity contribution in [3.63, 3.8) is 0 Å². The highest BCUT2D eigenvalue weighted by Gasteiger charge is 2.21. The molecule has 12 rings (SSSR count). The van der Waals surface area contributed by atoms with E-state index in [4.69, 9.17) is 19.4 Å². The van der Waals surface area contributed by atoms with Gasteiger partial charge in [0.05, 0.1) is 0 Å². The number of nitrogens with zero attached hydrogens (tertiary/aromatic N) is 3. The third-order valence-corrected chi connectivity index (χ3v) is 11.7. The number of furan rings is 1. The van der Waals surface area contributed by atoms with Gasteiger partial charge in [-0.25, -0.2) is 15.0 Å². The number of rotatable bonds is 5. The fourth-order valence-electron chi connectivity index (χ4n) is 8.62. The number of aromatic nitrogens is 3. The van der Waals surface area contributed by atoms with E-state index in [0.717, 1.165) is 60.5 Å². The minimum Gasteiger partial charge on any atom is -0.455 e. The van der Waals surface area contributed by atoms with E-state index >= 15 is 0 Å². The van der Waals surface area contributed by atoms with Crippen LogP contribution >= 0.6 is 0 Å². The first-order valence-electron chi connectivity index (χ1n) is 19.9. The van der Waals surface area contributed by atoms with Gasteiger partial charge in [-0.1, -0.05) is 152 Å². The summed E-state index contributed by atoms with van der Waals surface area (Å²) >= 11 is 0. The van der Waals surface area contributed by atoms with Gasteiger partial charge in [0, 0.05) is 33.0 Å². The molecule has 2 heterocycles. The summed E-state index contributed by atoms with van der Waals surface area (Å²) in [6, 6.07) is 70.7. The number of hydrogen-bond acceptors (Lipinski definition) is 4. The van der Waals surface area contributed by atoms with Crippen molar-refractivity contribution in [1.29, 1.82) is 0 Å². The molecule has 0 aliphatic heterocycles. The summed E-state index contributed by atoms with van der Waals surface area (Å²) in [6.45, 7) is 0. The summed E-state index contributed by atoms with van der Waals surface area (Å²) in [6.07, 6.45) is 0. The van der Waals surface area contributed by atoms with E-state index in [0.29, 0.717) is 17.5 Å². The van der Waals surface area contributed by atoms with Crippen molar-refractivity contribution in [1.82, 2.24) is 15.0 Å². The molecule has 0 spiro atoms. The molecule has 2 aromatic heterocycles. The van der Waals surface area contributed by atoms with Crippen LogP contribution in [0.4, 0.5) is 0 Å². The van der Waals surface area contributed by atoms with Crippen molar-refractivity contribution in [3.8, 4) is 56.4 Å². The minimum absolute atomic E-state index is 0.591. The van der Waals surface area contributed by atoms with Gasteiger partial charge in [0.25, 0.3) is 0 Å². The molecule has 4 heteroatoms. The Labute approximate surface area is 339 Å². The second-order valence-electron chi connectivity index (χ2n) is 15.2. The van der Waals surface area contributed by atoms with E-state index in [-0.39, 0.29) is 0 Å². The number of para-hydroxylation sites is 1. The smallest absolute Gasteiger partial charge is 0.164 e. The lowest BCUT2D eigenvalue weighted by Gasteiger charge is -2.12. The SMILES string of the molecule is c1ccc2cc(-c3ccc4ccc(-c5ccc(-c6nc(-c7ccc8ccccc8c7)nc(-c7ccc8ccccc8c7)n6)c6c5oc5ccccc56)cc4c3)ccc2c1. The second-order valence-corrected chi connectivity index (χ2v) is 15.2. The number of hydrogen-bond donors (Lipinski definition) is 0. The van der Waals surface area contributed by atoms with Crippen LogP contribution in [0.2, 0.25) is 0 Å². The quantitative estimate of drug-likeness (QED) is 0.176. The van der Waals surface area contributed by atoms with Gasteiger partial charge in [0.2, 0.25) is 0 Å². The van der Waals surface area contributed by atoms with Gasteiger partial charge in [-0.05, 0) is 108 Å². The predicted molar refractivity (Wildman–Crippen MR) is 244 cm³/mol. The van der Waals surface area contributed by atoms with Gasteiger partial charge in [-0.15, -0.1) is 0 Å². The molecule has 59 heavy (non-hydrogen) atoms.